The molecular weight excluding hydrogens is 245 g/mol. The van der Waals surface area contributed by atoms with Crippen molar-refractivity contribution in [1.82, 2.24) is 0 Å². The van der Waals surface area contributed by atoms with Crippen LogP contribution in [-0.4, -0.2) is 0 Å². The van der Waals surface area contributed by atoms with E-state index in [-0.39, 0.29) is 0 Å². The van der Waals surface area contributed by atoms with Gasteiger partial charge in [-0.1, -0.05) is 18.3 Å². The van der Waals surface area contributed by atoms with Gasteiger partial charge in [0, 0.05) is 6.42 Å². The number of aromatic nitrogens is 1. The van der Waals surface area contributed by atoms with Crippen molar-refractivity contribution in [3.8, 4) is 0 Å². The molecule has 3 heteroatoms. The molecule has 0 aromatic carbocycles. The van der Waals surface area contributed by atoms with Crippen LogP contribution in [0.5, 0.6) is 0 Å². The van der Waals surface area contributed by atoms with E-state index < -0.39 is 0 Å². The van der Waals surface area contributed by atoms with E-state index in [0.717, 1.165) is 6.42 Å². The number of nitrogens with zero attached hydrogens (tertiary/aromatic N) is 1. The first-order chi connectivity index (χ1) is 4.25. The third-order valence-corrected chi connectivity index (χ3v) is 3.69. The topological polar surface area (TPSA) is 3.88 Å². The maximum Gasteiger partial charge on any atom is 0.297 e. The molecule has 0 amide bonds. The Kier molecular flexibility index (Phi) is 2.46. The van der Waals surface area contributed by atoms with Gasteiger partial charge in [0.15, 0.2) is 5.69 Å². The SMILES string of the molecule is CCc1csc(I)[n+]1C. The summed E-state index contributed by atoms with van der Waals surface area (Å²) < 4.78 is 3.58. The lowest BCUT2D eigenvalue weighted by atomic mass is 10.4. The fourth-order valence-corrected chi connectivity index (χ4v) is 2.23. The molecule has 0 saturated carbocycles. The quantitative estimate of drug-likeness (QED) is 0.531. The average molecular weight is 254 g/mol. The maximum atomic E-state index is 2.35. The Morgan fingerprint density at radius 2 is 2.44 bits per heavy atom. The molecule has 0 spiro atoms. The van der Waals surface area contributed by atoms with Crippen molar-refractivity contribution < 1.29 is 4.57 Å². The summed E-state index contributed by atoms with van der Waals surface area (Å²) in [6.45, 7) is 2.18. The van der Waals surface area contributed by atoms with Crippen LogP contribution in [0, 0.1) is 3.01 Å². The lowest BCUT2D eigenvalue weighted by molar-refractivity contribution is -0.686. The number of halogens is 1. The Balaban J connectivity index is 3.04. The third kappa shape index (κ3) is 1.43. The zero-order valence-electron chi connectivity index (χ0n) is 5.52. The van der Waals surface area contributed by atoms with Crippen molar-refractivity contribution >= 4 is 33.9 Å². The fourth-order valence-electron chi connectivity index (χ4n) is 0.708. The van der Waals surface area contributed by atoms with Crippen molar-refractivity contribution in [1.29, 1.82) is 0 Å². The van der Waals surface area contributed by atoms with E-state index in [1.807, 2.05) is 0 Å². The summed E-state index contributed by atoms with van der Waals surface area (Å²) in [5.74, 6) is 0. The first-order valence-electron chi connectivity index (χ1n) is 2.87. The van der Waals surface area contributed by atoms with Crippen molar-refractivity contribution in [2.45, 2.75) is 13.3 Å². The smallest absolute Gasteiger partial charge is 0.184 e. The highest BCUT2D eigenvalue weighted by Crippen LogP contribution is 2.08. The molecule has 0 N–H and O–H groups in total. The van der Waals surface area contributed by atoms with Crippen LogP contribution in [0.4, 0.5) is 0 Å². The molecule has 50 valence electrons. The van der Waals surface area contributed by atoms with Crippen molar-refractivity contribution in [3.63, 3.8) is 0 Å². The number of aryl methyl sites for hydroxylation is 1. The summed E-state index contributed by atoms with van der Waals surface area (Å²) in [5.41, 5.74) is 1.42. The molecule has 1 nitrogen and oxygen atoms in total. The molecule has 0 aliphatic rings. The predicted octanol–water partition coefficient (Wildman–Crippen LogP) is 1.74. The molecule has 0 unspecified atom stereocenters. The predicted molar refractivity (Wildman–Crippen MR) is 47.6 cm³/mol. The van der Waals surface area contributed by atoms with Crippen LogP contribution < -0.4 is 4.57 Å². The molecule has 0 atom stereocenters. The average Bonchev–Trinajstić information content (AvgIpc) is 2.15. The van der Waals surface area contributed by atoms with E-state index in [9.17, 15) is 0 Å². The van der Waals surface area contributed by atoms with E-state index in [1.165, 1.54) is 8.71 Å². The number of hydrogen-bond acceptors (Lipinski definition) is 1. The molecule has 0 bridgehead atoms. The Morgan fingerprint density at radius 3 is 2.67 bits per heavy atom. The van der Waals surface area contributed by atoms with Crippen LogP contribution in [0.3, 0.4) is 0 Å². The summed E-state index contributed by atoms with van der Waals surface area (Å²) in [6.07, 6.45) is 1.13. The molecule has 1 aromatic heterocycles. The van der Waals surface area contributed by atoms with Gasteiger partial charge in [-0.05, 0) is 0 Å². The van der Waals surface area contributed by atoms with E-state index in [1.54, 1.807) is 11.3 Å². The lowest BCUT2D eigenvalue weighted by Gasteiger charge is -1.84. The van der Waals surface area contributed by atoms with Crippen molar-refractivity contribution in [2.75, 3.05) is 0 Å². The van der Waals surface area contributed by atoms with Crippen LogP contribution in [-0.2, 0) is 13.5 Å². The Morgan fingerprint density at radius 1 is 1.78 bits per heavy atom. The first-order valence-corrected chi connectivity index (χ1v) is 4.83. The van der Waals surface area contributed by atoms with Gasteiger partial charge in [-0.3, -0.25) is 0 Å². The zero-order chi connectivity index (χ0) is 6.85. The van der Waals surface area contributed by atoms with Gasteiger partial charge in [-0.15, -0.1) is 0 Å². The molecule has 0 radical (unpaired) electrons. The van der Waals surface area contributed by atoms with E-state index in [2.05, 4.69) is 46.5 Å². The second kappa shape index (κ2) is 2.96. The molecule has 1 aromatic rings. The zero-order valence-corrected chi connectivity index (χ0v) is 8.49. The third-order valence-electron chi connectivity index (χ3n) is 1.35. The summed E-state index contributed by atoms with van der Waals surface area (Å²) in [5, 5.41) is 2.21. The Labute approximate surface area is 72.9 Å². The second-order valence-corrected chi connectivity index (χ2v) is 4.50. The molecule has 0 aliphatic carbocycles. The fraction of sp³-hybridized carbons (Fsp3) is 0.500. The Hall–Kier alpha value is 0.360. The molecule has 0 aliphatic heterocycles. The van der Waals surface area contributed by atoms with E-state index in [4.69, 9.17) is 0 Å². The van der Waals surface area contributed by atoms with Crippen LogP contribution in [0.25, 0.3) is 0 Å². The molecular formula is C6H9INS+. The van der Waals surface area contributed by atoms with Crippen LogP contribution in [0.2, 0.25) is 0 Å². The summed E-state index contributed by atoms with van der Waals surface area (Å²) in [7, 11) is 2.11. The molecule has 0 fully saturated rings. The molecule has 1 rings (SSSR count). The highest BCUT2D eigenvalue weighted by atomic mass is 127. The van der Waals surface area contributed by atoms with Gasteiger partial charge in [0.25, 0.3) is 3.01 Å². The largest absolute Gasteiger partial charge is 0.297 e. The van der Waals surface area contributed by atoms with Gasteiger partial charge in [-0.2, -0.15) is 4.57 Å². The standard InChI is InChI=1S/C6H9INS/c1-3-5-4-9-6(7)8(5)2/h4H,3H2,1-2H3/q+1. The molecule has 9 heavy (non-hydrogen) atoms. The highest BCUT2D eigenvalue weighted by molar-refractivity contribution is 14.1. The van der Waals surface area contributed by atoms with E-state index >= 15 is 0 Å². The number of thiazole rings is 1. The maximum absolute atomic E-state index is 2.35. The van der Waals surface area contributed by atoms with Crippen molar-refractivity contribution in [2.24, 2.45) is 7.05 Å². The summed E-state index contributed by atoms with van der Waals surface area (Å²) >= 11 is 4.16. The number of rotatable bonds is 1. The van der Waals surface area contributed by atoms with Gasteiger partial charge in [0.2, 0.25) is 0 Å². The highest BCUT2D eigenvalue weighted by Gasteiger charge is 2.09. The van der Waals surface area contributed by atoms with Gasteiger partial charge in [-0.25, -0.2) is 0 Å². The van der Waals surface area contributed by atoms with Gasteiger partial charge < -0.3 is 0 Å². The molecule has 0 saturated heterocycles. The minimum atomic E-state index is 1.13. The van der Waals surface area contributed by atoms with E-state index in [0.29, 0.717) is 0 Å². The normalized spacial score (nSPS) is 10.1. The minimum absolute atomic E-state index is 1.13. The summed E-state index contributed by atoms with van der Waals surface area (Å²) in [6, 6.07) is 0. The monoisotopic (exact) mass is 254 g/mol. The molecule has 1 heterocycles. The number of hydrogen-bond donors (Lipinski definition) is 0. The first kappa shape index (κ1) is 7.47. The second-order valence-electron chi connectivity index (χ2n) is 1.89. The van der Waals surface area contributed by atoms with Gasteiger partial charge in [0.05, 0.1) is 28.0 Å². The van der Waals surface area contributed by atoms with Gasteiger partial charge >= 0.3 is 0 Å². The summed E-state index contributed by atoms with van der Waals surface area (Å²) in [4.78, 5) is 0. The van der Waals surface area contributed by atoms with Crippen LogP contribution in [0.15, 0.2) is 5.38 Å². The van der Waals surface area contributed by atoms with Crippen LogP contribution >= 0.6 is 33.9 Å². The minimum Gasteiger partial charge on any atom is -0.184 e. The Bertz CT molecular complexity index is 207. The van der Waals surface area contributed by atoms with Crippen LogP contribution in [0.1, 0.15) is 12.6 Å². The van der Waals surface area contributed by atoms with Gasteiger partial charge in [0.1, 0.15) is 7.05 Å². The van der Waals surface area contributed by atoms with Crippen molar-refractivity contribution in [3.05, 3.63) is 14.1 Å². The lowest BCUT2D eigenvalue weighted by Crippen LogP contribution is -2.33.